The van der Waals surface area contributed by atoms with Crippen LogP contribution in [0.15, 0.2) is 66.9 Å². The van der Waals surface area contributed by atoms with Gasteiger partial charge in [-0.15, -0.1) is 0 Å². The molecule has 8 nitrogen and oxygen atoms in total. The number of benzene rings is 2. The van der Waals surface area contributed by atoms with E-state index in [0.717, 1.165) is 24.6 Å². The van der Waals surface area contributed by atoms with Crippen LogP contribution in [0.4, 0.5) is 5.69 Å². The Hall–Kier alpha value is -4.19. The lowest BCUT2D eigenvalue weighted by molar-refractivity contribution is -0.138. The van der Waals surface area contributed by atoms with E-state index in [4.69, 9.17) is 10.4 Å². The number of nitrogens with zero attached hydrogens (tertiary/aromatic N) is 2. The summed E-state index contributed by atoms with van der Waals surface area (Å²) >= 11 is 0. The lowest BCUT2D eigenvalue weighted by atomic mass is 9.64. The van der Waals surface area contributed by atoms with Crippen molar-refractivity contribution in [2.75, 3.05) is 11.9 Å². The highest BCUT2D eigenvalue weighted by Gasteiger charge is 2.22. The van der Waals surface area contributed by atoms with Crippen LogP contribution in [0.3, 0.4) is 0 Å². The number of carbonyl (C=O) groups excluding carboxylic acids is 2. The fraction of sp³-hybridized carbons (Fsp3) is 0.240. The molecule has 0 bridgehead atoms. The van der Waals surface area contributed by atoms with E-state index in [1.807, 2.05) is 36.4 Å². The number of amides is 2. The topological polar surface area (TPSA) is 132 Å². The molecule has 9 heteroatoms. The molecule has 175 valence electrons. The first kappa shape index (κ1) is 27.8. The second kappa shape index (κ2) is 16.4. The van der Waals surface area contributed by atoms with Gasteiger partial charge in [-0.2, -0.15) is 0 Å². The summed E-state index contributed by atoms with van der Waals surface area (Å²) in [4.78, 5) is 35.7. The SMILES string of the molecule is CCNC(=O)C([B]C#N)CC(=O)O.CCc1ccccc1.O=CNc1cnc2ccccc2c1. The van der Waals surface area contributed by atoms with Gasteiger partial charge in [-0.1, -0.05) is 55.5 Å². The third kappa shape index (κ3) is 10.9. The van der Waals surface area contributed by atoms with E-state index < -0.39 is 17.7 Å². The van der Waals surface area contributed by atoms with Gasteiger partial charge >= 0.3 is 5.97 Å². The number of carbonyl (C=O) groups is 3. The number of fused-ring (bicyclic) bond motifs is 1. The highest BCUT2D eigenvalue weighted by Crippen LogP contribution is 2.15. The molecule has 2 aromatic carbocycles. The highest BCUT2D eigenvalue weighted by molar-refractivity contribution is 6.52. The van der Waals surface area contributed by atoms with Crippen molar-refractivity contribution in [1.82, 2.24) is 10.3 Å². The Morgan fingerprint density at radius 3 is 2.38 bits per heavy atom. The molecular formula is C25H28BN4O4. The molecule has 1 unspecified atom stereocenters. The Labute approximate surface area is 200 Å². The number of aromatic nitrogens is 1. The number of para-hydroxylation sites is 1. The summed E-state index contributed by atoms with van der Waals surface area (Å²) in [7, 11) is 1.03. The molecule has 1 radical (unpaired) electrons. The third-order valence-corrected chi connectivity index (χ3v) is 4.43. The fourth-order valence-electron chi connectivity index (χ4n) is 2.74. The molecule has 0 spiro atoms. The maximum absolute atomic E-state index is 11.1. The molecule has 0 saturated carbocycles. The van der Waals surface area contributed by atoms with Gasteiger partial charge in [0.15, 0.2) is 0 Å². The normalized spacial score (nSPS) is 10.1. The van der Waals surface area contributed by atoms with Crippen molar-refractivity contribution in [3.05, 3.63) is 72.4 Å². The van der Waals surface area contributed by atoms with E-state index in [-0.39, 0.29) is 6.42 Å². The molecule has 2 amide bonds. The Morgan fingerprint density at radius 2 is 1.82 bits per heavy atom. The van der Waals surface area contributed by atoms with Crippen LogP contribution < -0.4 is 10.6 Å². The first-order chi connectivity index (χ1) is 16.4. The molecule has 1 heterocycles. The smallest absolute Gasteiger partial charge is 0.303 e. The standard InChI is InChI=1S/C10H8N2O.C8H10.C7H10BN2O3/c13-7-12-9-5-8-3-1-2-4-10(8)11-6-9;1-2-8-6-4-3-5-7-8;1-2-10-7(13)5(8-4-9)3-6(11)12/h1-7H,(H,12,13);3-7H,2H2,1H3;5H,2-3H2,1H3,(H,10,13)(H,11,12). The van der Waals surface area contributed by atoms with Crippen LogP contribution in [0.5, 0.6) is 0 Å². The zero-order valence-electron chi connectivity index (χ0n) is 19.3. The van der Waals surface area contributed by atoms with E-state index >= 15 is 0 Å². The second-order valence-corrected chi connectivity index (χ2v) is 6.91. The molecule has 0 fully saturated rings. The van der Waals surface area contributed by atoms with Crippen molar-refractivity contribution in [2.45, 2.75) is 32.5 Å². The molecule has 0 aliphatic carbocycles. The summed E-state index contributed by atoms with van der Waals surface area (Å²) < 4.78 is 0. The zero-order valence-corrected chi connectivity index (χ0v) is 19.3. The minimum atomic E-state index is -1.09. The van der Waals surface area contributed by atoms with Crippen LogP contribution in [0.2, 0.25) is 5.82 Å². The van der Waals surface area contributed by atoms with E-state index in [0.29, 0.717) is 18.6 Å². The number of aliphatic carboxylic acids is 1. The van der Waals surface area contributed by atoms with Gasteiger partial charge in [0.25, 0.3) is 7.28 Å². The van der Waals surface area contributed by atoms with Gasteiger partial charge in [0, 0.05) is 17.7 Å². The lowest BCUT2D eigenvalue weighted by Gasteiger charge is -2.08. The molecule has 1 aromatic heterocycles. The van der Waals surface area contributed by atoms with Crippen molar-refractivity contribution in [3.8, 4) is 5.97 Å². The van der Waals surface area contributed by atoms with Crippen LogP contribution in [-0.2, 0) is 20.8 Å². The number of nitriles is 1. The van der Waals surface area contributed by atoms with Crippen LogP contribution in [0.25, 0.3) is 10.9 Å². The predicted octanol–water partition coefficient (Wildman–Crippen LogP) is 3.62. The average Bonchev–Trinajstić information content (AvgIpc) is 2.85. The molecule has 1 atom stereocenters. The van der Waals surface area contributed by atoms with Crippen molar-refractivity contribution in [1.29, 1.82) is 5.26 Å². The third-order valence-electron chi connectivity index (χ3n) is 4.43. The fourth-order valence-corrected chi connectivity index (χ4v) is 2.74. The molecule has 0 aliphatic heterocycles. The summed E-state index contributed by atoms with van der Waals surface area (Å²) in [5, 5.41) is 22.7. The Kier molecular flexibility index (Phi) is 13.5. The summed E-state index contributed by atoms with van der Waals surface area (Å²) in [5.41, 5.74) is 3.06. The molecule has 34 heavy (non-hydrogen) atoms. The van der Waals surface area contributed by atoms with Gasteiger partial charge in [-0.05, 0) is 37.0 Å². The number of nitrogens with one attached hydrogen (secondary N) is 2. The lowest BCUT2D eigenvalue weighted by Crippen LogP contribution is -2.31. The molecule has 3 N–H and O–H groups in total. The van der Waals surface area contributed by atoms with E-state index in [1.54, 1.807) is 19.1 Å². The molecular weight excluding hydrogens is 431 g/mol. The van der Waals surface area contributed by atoms with Crippen LogP contribution in [-0.4, -0.2) is 42.2 Å². The van der Waals surface area contributed by atoms with Crippen LogP contribution >= 0.6 is 0 Å². The predicted molar refractivity (Wildman–Crippen MR) is 133 cm³/mol. The number of aryl methyl sites for hydroxylation is 1. The van der Waals surface area contributed by atoms with Gasteiger partial charge in [0.2, 0.25) is 12.3 Å². The monoisotopic (exact) mass is 459 g/mol. The van der Waals surface area contributed by atoms with Crippen molar-refractivity contribution < 1.29 is 19.5 Å². The van der Waals surface area contributed by atoms with Crippen LogP contribution in [0, 0.1) is 11.2 Å². The number of carboxylic acid groups (broad SMARTS) is 1. The largest absolute Gasteiger partial charge is 0.481 e. The maximum Gasteiger partial charge on any atom is 0.303 e. The summed E-state index contributed by atoms with van der Waals surface area (Å²) in [6, 6.07) is 20.1. The number of rotatable bonds is 8. The summed E-state index contributed by atoms with van der Waals surface area (Å²) in [6.07, 6.45) is 3.07. The number of carboxylic acids is 1. The Balaban J connectivity index is 0.000000263. The minimum Gasteiger partial charge on any atom is -0.481 e. The van der Waals surface area contributed by atoms with Gasteiger partial charge < -0.3 is 15.7 Å². The van der Waals surface area contributed by atoms with E-state index in [1.165, 1.54) is 5.56 Å². The van der Waals surface area contributed by atoms with Crippen molar-refractivity contribution >= 4 is 42.2 Å². The van der Waals surface area contributed by atoms with Crippen LogP contribution in [0.1, 0.15) is 25.8 Å². The molecule has 3 aromatic rings. The van der Waals surface area contributed by atoms with Gasteiger partial charge in [0.05, 0.1) is 23.8 Å². The molecule has 0 saturated heterocycles. The summed E-state index contributed by atoms with van der Waals surface area (Å²) in [6.45, 7) is 4.31. The van der Waals surface area contributed by atoms with Gasteiger partial charge in [0.1, 0.15) is 0 Å². The number of hydrogen-bond donors (Lipinski definition) is 3. The minimum absolute atomic E-state index is 0.348. The van der Waals surface area contributed by atoms with Crippen molar-refractivity contribution in [2.24, 2.45) is 0 Å². The van der Waals surface area contributed by atoms with E-state index in [9.17, 15) is 14.4 Å². The number of anilines is 1. The highest BCUT2D eigenvalue weighted by atomic mass is 16.4. The first-order valence-electron chi connectivity index (χ1n) is 10.8. The molecule has 3 rings (SSSR count). The summed E-state index contributed by atoms with van der Waals surface area (Å²) in [5.74, 6) is -0.715. The second-order valence-electron chi connectivity index (χ2n) is 6.91. The Bertz CT molecular complexity index is 1090. The quantitative estimate of drug-likeness (QED) is 0.348. The Morgan fingerprint density at radius 1 is 1.15 bits per heavy atom. The number of hydrogen-bond acceptors (Lipinski definition) is 5. The molecule has 0 aliphatic rings. The first-order valence-corrected chi connectivity index (χ1v) is 10.8. The van der Waals surface area contributed by atoms with Gasteiger partial charge in [-0.25, -0.2) is 5.26 Å². The number of pyridine rings is 1. The zero-order chi connectivity index (χ0) is 25.2. The average molecular weight is 459 g/mol. The van der Waals surface area contributed by atoms with Gasteiger partial charge in [-0.3, -0.25) is 19.4 Å². The maximum atomic E-state index is 11.1. The van der Waals surface area contributed by atoms with Crippen molar-refractivity contribution in [3.63, 3.8) is 0 Å². The van der Waals surface area contributed by atoms with E-state index in [2.05, 4.69) is 46.8 Å².